The summed E-state index contributed by atoms with van der Waals surface area (Å²) in [6.07, 6.45) is -2.06. The Morgan fingerprint density at radius 2 is 2.00 bits per heavy atom. The summed E-state index contributed by atoms with van der Waals surface area (Å²) in [6.45, 7) is 0. The molecule has 0 saturated heterocycles. The summed E-state index contributed by atoms with van der Waals surface area (Å²) < 4.78 is 36.0. The zero-order valence-electron chi connectivity index (χ0n) is 6.07. The van der Waals surface area contributed by atoms with E-state index < -0.39 is 11.7 Å². The molecule has 0 unspecified atom stereocenters. The third-order valence-electron chi connectivity index (χ3n) is 1.29. The summed E-state index contributed by atoms with van der Waals surface area (Å²) in [5, 5.41) is 0. The molecule has 0 aromatic heterocycles. The van der Waals surface area contributed by atoms with Crippen LogP contribution in [0.25, 0.3) is 0 Å². The Hall–Kier alpha value is -1.37. The molecule has 0 heterocycles. The Labute approximate surface area is 67.7 Å². The van der Waals surface area contributed by atoms with Crippen LogP contribution in [0.1, 0.15) is 6.42 Å². The van der Waals surface area contributed by atoms with Crippen molar-refractivity contribution in [3.63, 3.8) is 0 Å². The maximum Gasteiger partial charge on any atom is 0.424 e. The first-order chi connectivity index (χ1) is 5.50. The lowest BCUT2D eigenvalue weighted by molar-refractivity contribution is -0.0871. The van der Waals surface area contributed by atoms with Crippen molar-refractivity contribution in [2.24, 2.45) is 5.73 Å². The zero-order chi connectivity index (χ0) is 9.19. The second-order valence-corrected chi connectivity index (χ2v) is 2.30. The molecule has 0 aromatic carbocycles. The summed E-state index contributed by atoms with van der Waals surface area (Å²) >= 11 is 0. The van der Waals surface area contributed by atoms with Crippen LogP contribution in [0.4, 0.5) is 13.2 Å². The predicted molar refractivity (Wildman–Crippen MR) is 38.8 cm³/mol. The first kappa shape index (κ1) is 8.72. The van der Waals surface area contributed by atoms with E-state index in [-0.39, 0.29) is 6.42 Å². The van der Waals surface area contributed by atoms with Gasteiger partial charge in [0.2, 0.25) is 0 Å². The van der Waals surface area contributed by atoms with E-state index in [0.717, 1.165) is 6.08 Å². The van der Waals surface area contributed by atoms with E-state index in [2.05, 4.69) is 5.92 Å². The molecule has 0 fully saturated rings. The molecule has 1 rings (SSSR count). The van der Waals surface area contributed by atoms with Crippen LogP contribution >= 0.6 is 0 Å². The maximum atomic E-state index is 12.0. The van der Waals surface area contributed by atoms with E-state index in [0.29, 0.717) is 5.70 Å². The number of rotatable bonds is 0. The van der Waals surface area contributed by atoms with Crippen molar-refractivity contribution in [1.29, 1.82) is 0 Å². The van der Waals surface area contributed by atoms with E-state index in [9.17, 15) is 13.2 Å². The van der Waals surface area contributed by atoms with Gasteiger partial charge in [-0.2, -0.15) is 13.2 Å². The molecule has 0 aromatic rings. The molecule has 64 valence electrons. The van der Waals surface area contributed by atoms with Crippen LogP contribution in [0.15, 0.2) is 23.4 Å². The molecule has 0 saturated carbocycles. The Morgan fingerprint density at radius 3 is 2.58 bits per heavy atom. The Balaban J connectivity index is 2.97. The zero-order valence-corrected chi connectivity index (χ0v) is 6.07. The first-order valence-corrected chi connectivity index (χ1v) is 3.22. The molecule has 0 atom stereocenters. The van der Waals surface area contributed by atoms with Crippen molar-refractivity contribution in [2.75, 3.05) is 0 Å². The molecule has 12 heavy (non-hydrogen) atoms. The SMILES string of the molecule is NC1=CC=C(C(F)(F)F)C#CC1. The van der Waals surface area contributed by atoms with Crippen molar-refractivity contribution in [3.8, 4) is 11.8 Å². The Morgan fingerprint density at radius 1 is 1.33 bits per heavy atom. The number of halogens is 3. The molecular weight excluding hydrogens is 167 g/mol. The lowest BCUT2D eigenvalue weighted by atomic mass is 10.2. The topological polar surface area (TPSA) is 26.0 Å². The minimum Gasteiger partial charge on any atom is -0.401 e. The average molecular weight is 173 g/mol. The van der Waals surface area contributed by atoms with Gasteiger partial charge < -0.3 is 5.73 Å². The number of alkyl halides is 3. The summed E-state index contributed by atoms with van der Waals surface area (Å²) in [6, 6.07) is 0. The van der Waals surface area contributed by atoms with E-state index in [1.165, 1.54) is 6.08 Å². The Kier molecular flexibility index (Phi) is 2.13. The van der Waals surface area contributed by atoms with Crippen molar-refractivity contribution < 1.29 is 13.2 Å². The molecular formula is C8H6F3N. The van der Waals surface area contributed by atoms with Gasteiger partial charge in [-0.25, -0.2) is 0 Å². The molecule has 0 radical (unpaired) electrons. The largest absolute Gasteiger partial charge is 0.424 e. The fourth-order valence-electron chi connectivity index (χ4n) is 0.698. The maximum absolute atomic E-state index is 12.0. The van der Waals surface area contributed by atoms with Gasteiger partial charge in [-0.05, 0) is 12.2 Å². The molecule has 4 heteroatoms. The van der Waals surface area contributed by atoms with E-state index in [1.54, 1.807) is 0 Å². The van der Waals surface area contributed by atoms with Gasteiger partial charge in [0.25, 0.3) is 0 Å². The third kappa shape index (κ3) is 2.06. The summed E-state index contributed by atoms with van der Waals surface area (Å²) in [5.41, 5.74) is 4.79. The summed E-state index contributed by atoms with van der Waals surface area (Å²) in [5.74, 6) is 4.33. The molecule has 0 amide bonds. The summed E-state index contributed by atoms with van der Waals surface area (Å²) in [4.78, 5) is 0. The van der Waals surface area contributed by atoms with E-state index in [1.807, 2.05) is 5.92 Å². The van der Waals surface area contributed by atoms with E-state index in [4.69, 9.17) is 5.73 Å². The quantitative estimate of drug-likeness (QED) is 0.554. The molecule has 2 N–H and O–H groups in total. The number of hydrogen-bond acceptors (Lipinski definition) is 1. The van der Waals surface area contributed by atoms with Gasteiger partial charge in [0, 0.05) is 12.1 Å². The average Bonchev–Trinajstić information content (AvgIpc) is 2.11. The first-order valence-electron chi connectivity index (χ1n) is 3.22. The molecule has 0 spiro atoms. The Bertz CT molecular complexity index is 298. The molecule has 0 aliphatic heterocycles. The van der Waals surface area contributed by atoms with Crippen molar-refractivity contribution >= 4 is 0 Å². The van der Waals surface area contributed by atoms with Crippen molar-refractivity contribution in [2.45, 2.75) is 12.6 Å². The normalized spacial score (nSPS) is 16.9. The number of nitrogens with two attached hydrogens (primary N) is 1. The fourth-order valence-corrected chi connectivity index (χ4v) is 0.698. The van der Waals surface area contributed by atoms with Crippen LogP contribution in [0, 0.1) is 11.8 Å². The highest BCUT2D eigenvalue weighted by Crippen LogP contribution is 2.25. The molecule has 0 bridgehead atoms. The van der Waals surface area contributed by atoms with Crippen LogP contribution in [0.5, 0.6) is 0 Å². The van der Waals surface area contributed by atoms with Crippen LogP contribution < -0.4 is 5.73 Å². The highest BCUT2D eigenvalue weighted by atomic mass is 19.4. The van der Waals surface area contributed by atoms with Gasteiger partial charge >= 0.3 is 6.18 Å². The van der Waals surface area contributed by atoms with Gasteiger partial charge in [-0.3, -0.25) is 0 Å². The van der Waals surface area contributed by atoms with Crippen LogP contribution in [0.3, 0.4) is 0 Å². The highest BCUT2D eigenvalue weighted by Gasteiger charge is 2.32. The molecule has 1 nitrogen and oxygen atoms in total. The van der Waals surface area contributed by atoms with Crippen molar-refractivity contribution in [3.05, 3.63) is 23.4 Å². The number of allylic oxidation sites excluding steroid dienone is 4. The summed E-state index contributed by atoms with van der Waals surface area (Å²) in [7, 11) is 0. The van der Waals surface area contributed by atoms with Gasteiger partial charge in [-0.1, -0.05) is 11.8 Å². The number of hydrogen-bond donors (Lipinski definition) is 1. The van der Waals surface area contributed by atoms with Gasteiger partial charge in [0.1, 0.15) is 5.57 Å². The minimum atomic E-state index is -4.37. The third-order valence-corrected chi connectivity index (χ3v) is 1.29. The fraction of sp³-hybridized carbons (Fsp3) is 0.250. The second kappa shape index (κ2) is 2.94. The second-order valence-electron chi connectivity index (χ2n) is 2.30. The van der Waals surface area contributed by atoms with Gasteiger partial charge in [0.15, 0.2) is 0 Å². The lowest BCUT2D eigenvalue weighted by Gasteiger charge is -2.02. The van der Waals surface area contributed by atoms with Crippen LogP contribution in [-0.2, 0) is 0 Å². The smallest absolute Gasteiger partial charge is 0.401 e. The van der Waals surface area contributed by atoms with E-state index >= 15 is 0 Å². The predicted octanol–water partition coefficient (Wildman–Crippen LogP) is 1.72. The minimum absolute atomic E-state index is 0.191. The standard InChI is InChI=1S/C8H6F3N/c9-8(10,11)6-2-1-3-7(12)5-4-6/h4-5H,3,12H2. The van der Waals surface area contributed by atoms with Gasteiger partial charge in [-0.15, -0.1) is 0 Å². The highest BCUT2D eigenvalue weighted by molar-refractivity contribution is 5.39. The molecule has 1 aliphatic rings. The van der Waals surface area contributed by atoms with Gasteiger partial charge in [0.05, 0.1) is 0 Å². The van der Waals surface area contributed by atoms with Crippen LogP contribution in [0.2, 0.25) is 0 Å². The monoisotopic (exact) mass is 173 g/mol. The van der Waals surface area contributed by atoms with Crippen molar-refractivity contribution in [1.82, 2.24) is 0 Å². The van der Waals surface area contributed by atoms with Crippen LogP contribution in [-0.4, -0.2) is 6.18 Å². The lowest BCUT2D eigenvalue weighted by Crippen LogP contribution is -2.09. The molecule has 1 aliphatic carbocycles.